The largest absolute Gasteiger partial charge is 0.478 e. The Balaban J connectivity index is 1.71. The van der Waals surface area contributed by atoms with Crippen LogP contribution < -0.4 is 0 Å². The normalized spacial score (nSPS) is 16.0. The van der Waals surface area contributed by atoms with Gasteiger partial charge in [-0.25, -0.2) is 9.79 Å². The number of carbonyl (C=O) groups is 1. The first-order valence-corrected chi connectivity index (χ1v) is 8.70. The third kappa shape index (κ3) is 4.21. The molecule has 128 valence electrons. The smallest absolute Gasteiger partial charge is 0.336 e. The summed E-state index contributed by atoms with van der Waals surface area (Å²) < 4.78 is 0. The van der Waals surface area contributed by atoms with Gasteiger partial charge in [-0.1, -0.05) is 55.8 Å². The van der Waals surface area contributed by atoms with Gasteiger partial charge in [0.15, 0.2) is 0 Å². The fraction of sp³-hybridized carbons (Fsp3) is 0.286. The van der Waals surface area contributed by atoms with Crippen molar-refractivity contribution >= 4 is 18.0 Å². The molecule has 1 unspecified atom stereocenters. The van der Waals surface area contributed by atoms with E-state index in [0.717, 1.165) is 42.6 Å². The highest BCUT2D eigenvalue weighted by atomic mass is 16.4. The Labute approximate surface area is 148 Å². The molecule has 2 aromatic carbocycles. The Hall–Kier alpha value is -2.75. The number of unbranched alkanes of at least 4 members (excludes halogenated alkanes) is 1. The molecule has 0 saturated carbocycles. The van der Waals surface area contributed by atoms with E-state index in [9.17, 15) is 9.90 Å². The van der Waals surface area contributed by atoms with Crippen LogP contribution in [0.4, 0.5) is 0 Å². The molecule has 4 nitrogen and oxygen atoms in total. The molecule has 1 N–H and O–H groups in total. The highest BCUT2D eigenvalue weighted by molar-refractivity contribution is 5.96. The number of carboxylic acid groups (broad SMARTS) is 1. The molecule has 1 aliphatic heterocycles. The summed E-state index contributed by atoms with van der Waals surface area (Å²) in [5.41, 5.74) is 3.15. The molecule has 2 aromatic rings. The van der Waals surface area contributed by atoms with Crippen molar-refractivity contribution in [2.45, 2.75) is 38.6 Å². The lowest BCUT2D eigenvalue weighted by Gasteiger charge is -2.08. The van der Waals surface area contributed by atoms with E-state index in [1.54, 1.807) is 12.1 Å². The minimum atomic E-state index is -0.907. The van der Waals surface area contributed by atoms with E-state index in [2.05, 4.69) is 16.9 Å². The molecule has 3 rings (SSSR count). The molecule has 0 radical (unpaired) electrons. The SMILES string of the molecule is CCCCC1=NC(Cc2ccc(-c3ccccc3C(=O)O)cc2)C=N1. The minimum Gasteiger partial charge on any atom is -0.478 e. The standard InChI is InChI=1S/C21H22N2O2/c1-2-3-8-20-22-14-17(23-20)13-15-9-11-16(12-10-15)18-6-4-5-7-19(18)21(24)25/h4-7,9-12,14,17H,2-3,8,13H2,1H3,(H,24,25). The molecule has 1 heterocycles. The molecule has 0 amide bonds. The first-order valence-electron chi connectivity index (χ1n) is 8.70. The summed E-state index contributed by atoms with van der Waals surface area (Å²) >= 11 is 0. The maximum atomic E-state index is 11.4. The van der Waals surface area contributed by atoms with Gasteiger partial charge in [-0.3, -0.25) is 4.99 Å². The van der Waals surface area contributed by atoms with Gasteiger partial charge in [0.25, 0.3) is 0 Å². The molecular weight excluding hydrogens is 312 g/mol. The van der Waals surface area contributed by atoms with Crippen molar-refractivity contribution in [3.63, 3.8) is 0 Å². The molecule has 4 heteroatoms. The van der Waals surface area contributed by atoms with Crippen LogP contribution in [0.3, 0.4) is 0 Å². The van der Waals surface area contributed by atoms with Crippen LogP contribution in [0.5, 0.6) is 0 Å². The molecule has 0 aliphatic carbocycles. The number of carboxylic acids is 1. The lowest BCUT2D eigenvalue weighted by atomic mass is 9.97. The lowest BCUT2D eigenvalue weighted by molar-refractivity contribution is 0.0697. The number of benzene rings is 2. The summed E-state index contributed by atoms with van der Waals surface area (Å²) in [6.07, 6.45) is 5.98. The molecule has 0 spiro atoms. The Bertz CT molecular complexity index is 807. The number of aromatic carboxylic acids is 1. The topological polar surface area (TPSA) is 62.0 Å². The van der Waals surface area contributed by atoms with E-state index >= 15 is 0 Å². The van der Waals surface area contributed by atoms with E-state index in [0.29, 0.717) is 5.56 Å². The van der Waals surface area contributed by atoms with Crippen LogP contribution in [0.15, 0.2) is 58.5 Å². The van der Waals surface area contributed by atoms with Gasteiger partial charge in [0.05, 0.1) is 11.6 Å². The van der Waals surface area contributed by atoms with Gasteiger partial charge in [-0.2, -0.15) is 0 Å². The molecule has 0 fully saturated rings. The van der Waals surface area contributed by atoms with E-state index in [1.165, 1.54) is 5.56 Å². The molecule has 0 bridgehead atoms. The van der Waals surface area contributed by atoms with Gasteiger partial charge >= 0.3 is 5.97 Å². The van der Waals surface area contributed by atoms with E-state index in [-0.39, 0.29) is 6.04 Å². The van der Waals surface area contributed by atoms with Crippen LogP contribution in [0.1, 0.15) is 42.1 Å². The van der Waals surface area contributed by atoms with E-state index < -0.39 is 5.97 Å². The van der Waals surface area contributed by atoms with Crippen molar-refractivity contribution in [3.8, 4) is 11.1 Å². The summed E-state index contributed by atoms with van der Waals surface area (Å²) in [5.74, 6) is 0.0506. The Morgan fingerprint density at radius 3 is 2.60 bits per heavy atom. The average Bonchev–Trinajstić information content (AvgIpc) is 3.08. The number of aliphatic imine (C=N–C) groups is 2. The number of nitrogens with zero attached hydrogens (tertiary/aromatic N) is 2. The highest BCUT2D eigenvalue weighted by Gasteiger charge is 2.14. The zero-order valence-corrected chi connectivity index (χ0v) is 14.4. The highest BCUT2D eigenvalue weighted by Crippen LogP contribution is 2.24. The first kappa shape index (κ1) is 17.1. The fourth-order valence-electron chi connectivity index (χ4n) is 2.98. The van der Waals surface area contributed by atoms with Crippen LogP contribution in [0.25, 0.3) is 11.1 Å². The van der Waals surface area contributed by atoms with Crippen LogP contribution in [-0.4, -0.2) is 29.2 Å². The molecule has 0 saturated heterocycles. The quantitative estimate of drug-likeness (QED) is 0.802. The summed E-state index contributed by atoms with van der Waals surface area (Å²) in [5, 5.41) is 9.33. The Morgan fingerprint density at radius 1 is 1.12 bits per heavy atom. The lowest BCUT2D eigenvalue weighted by Crippen LogP contribution is -2.07. The summed E-state index contributed by atoms with van der Waals surface area (Å²) in [6, 6.07) is 15.2. The number of hydrogen-bond donors (Lipinski definition) is 1. The number of hydrogen-bond acceptors (Lipinski definition) is 3. The molecule has 1 atom stereocenters. The maximum Gasteiger partial charge on any atom is 0.336 e. The van der Waals surface area contributed by atoms with Crippen LogP contribution in [0, 0.1) is 0 Å². The third-order valence-electron chi connectivity index (χ3n) is 4.33. The van der Waals surface area contributed by atoms with E-state index in [1.807, 2.05) is 42.6 Å². The first-order chi connectivity index (χ1) is 12.2. The van der Waals surface area contributed by atoms with Crippen LogP contribution >= 0.6 is 0 Å². The van der Waals surface area contributed by atoms with Gasteiger partial charge in [-0.15, -0.1) is 0 Å². The van der Waals surface area contributed by atoms with Gasteiger partial charge in [0.2, 0.25) is 0 Å². The van der Waals surface area contributed by atoms with Crippen LogP contribution in [-0.2, 0) is 6.42 Å². The van der Waals surface area contributed by atoms with Crippen molar-refractivity contribution in [3.05, 3.63) is 59.7 Å². The number of amidine groups is 1. The van der Waals surface area contributed by atoms with Crippen molar-refractivity contribution in [2.75, 3.05) is 0 Å². The second kappa shape index (κ2) is 7.88. The minimum absolute atomic E-state index is 0.115. The predicted molar refractivity (Wildman–Crippen MR) is 102 cm³/mol. The van der Waals surface area contributed by atoms with Gasteiger partial charge < -0.3 is 5.11 Å². The zero-order valence-electron chi connectivity index (χ0n) is 14.4. The third-order valence-corrected chi connectivity index (χ3v) is 4.33. The van der Waals surface area contributed by atoms with Crippen molar-refractivity contribution in [2.24, 2.45) is 9.98 Å². The second-order valence-electron chi connectivity index (χ2n) is 6.25. The zero-order chi connectivity index (χ0) is 17.6. The maximum absolute atomic E-state index is 11.4. The second-order valence-corrected chi connectivity index (χ2v) is 6.25. The number of rotatable bonds is 7. The van der Waals surface area contributed by atoms with Crippen molar-refractivity contribution in [1.82, 2.24) is 0 Å². The Morgan fingerprint density at radius 2 is 1.88 bits per heavy atom. The summed E-state index contributed by atoms with van der Waals surface area (Å²) in [4.78, 5) is 20.4. The van der Waals surface area contributed by atoms with Gasteiger partial charge in [-0.05, 0) is 35.6 Å². The summed E-state index contributed by atoms with van der Waals surface area (Å²) in [6.45, 7) is 2.17. The monoisotopic (exact) mass is 334 g/mol. The molecule has 1 aliphatic rings. The fourth-order valence-corrected chi connectivity index (χ4v) is 2.98. The van der Waals surface area contributed by atoms with Crippen molar-refractivity contribution < 1.29 is 9.90 Å². The van der Waals surface area contributed by atoms with Crippen molar-refractivity contribution in [1.29, 1.82) is 0 Å². The molecule has 0 aromatic heterocycles. The van der Waals surface area contributed by atoms with E-state index in [4.69, 9.17) is 0 Å². The average molecular weight is 334 g/mol. The predicted octanol–water partition coefficient (Wildman–Crippen LogP) is 4.64. The van der Waals surface area contributed by atoms with Gasteiger partial charge in [0.1, 0.15) is 5.84 Å². The Kier molecular flexibility index (Phi) is 5.39. The molecular formula is C21H22N2O2. The molecule has 25 heavy (non-hydrogen) atoms. The van der Waals surface area contributed by atoms with Crippen LogP contribution in [0.2, 0.25) is 0 Å². The summed E-state index contributed by atoms with van der Waals surface area (Å²) in [7, 11) is 0. The van der Waals surface area contributed by atoms with Gasteiger partial charge in [0, 0.05) is 12.6 Å².